The molecule has 1 aliphatic rings. The van der Waals surface area contributed by atoms with E-state index < -0.39 is 0 Å². The third-order valence-corrected chi connectivity index (χ3v) is 3.17. The summed E-state index contributed by atoms with van der Waals surface area (Å²) >= 11 is 0. The second kappa shape index (κ2) is 4.05. The van der Waals surface area contributed by atoms with Crippen LogP contribution in [0.15, 0.2) is 12.1 Å². The van der Waals surface area contributed by atoms with Crippen LogP contribution in [0.1, 0.15) is 23.5 Å². The molecular formula is C13H15NO2. The minimum absolute atomic E-state index is 0.154. The Morgan fingerprint density at radius 2 is 2.06 bits per heavy atom. The van der Waals surface area contributed by atoms with Crippen molar-refractivity contribution in [1.29, 1.82) is 5.26 Å². The van der Waals surface area contributed by atoms with Crippen molar-refractivity contribution in [1.82, 2.24) is 0 Å². The molecule has 2 rings (SSSR count). The molecule has 0 heterocycles. The first-order valence-electron chi connectivity index (χ1n) is 5.34. The van der Waals surface area contributed by atoms with Crippen LogP contribution in [-0.4, -0.2) is 14.2 Å². The molecule has 3 heteroatoms. The molecule has 1 aromatic rings. The molecule has 0 saturated heterocycles. The first-order valence-corrected chi connectivity index (χ1v) is 5.34. The van der Waals surface area contributed by atoms with Gasteiger partial charge in [0.05, 0.1) is 26.2 Å². The van der Waals surface area contributed by atoms with Crippen LogP contribution in [0.25, 0.3) is 0 Å². The Balaban J connectivity index is 2.40. The minimum Gasteiger partial charge on any atom is -0.496 e. The lowest BCUT2D eigenvalue weighted by molar-refractivity contribution is 0.385. The highest BCUT2D eigenvalue weighted by Gasteiger charge is 2.40. The van der Waals surface area contributed by atoms with Crippen LogP contribution in [0.4, 0.5) is 0 Å². The summed E-state index contributed by atoms with van der Waals surface area (Å²) in [5.74, 6) is 2.18. The van der Waals surface area contributed by atoms with Crippen molar-refractivity contribution in [2.75, 3.05) is 14.2 Å². The summed E-state index contributed by atoms with van der Waals surface area (Å²) in [6.07, 6.45) is 0.943. The fourth-order valence-electron chi connectivity index (χ4n) is 2.16. The van der Waals surface area contributed by atoms with Crippen LogP contribution in [0.5, 0.6) is 11.5 Å². The fourth-order valence-corrected chi connectivity index (χ4v) is 2.16. The van der Waals surface area contributed by atoms with Crippen molar-refractivity contribution in [3.8, 4) is 17.6 Å². The van der Waals surface area contributed by atoms with E-state index in [1.807, 2.05) is 19.1 Å². The molecular weight excluding hydrogens is 202 g/mol. The van der Waals surface area contributed by atoms with Gasteiger partial charge in [-0.3, -0.25) is 0 Å². The summed E-state index contributed by atoms with van der Waals surface area (Å²) in [4.78, 5) is 0. The number of hydrogen-bond donors (Lipinski definition) is 0. The normalized spacial score (nSPS) is 22.4. The van der Waals surface area contributed by atoms with Crippen molar-refractivity contribution in [2.45, 2.75) is 19.3 Å². The zero-order valence-electron chi connectivity index (χ0n) is 9.78. The van der Waals surface area contributed by atoms with Crippen molar-refractivity contribution >= 4 is 0 Å². The molecule has 16 heavy (non-hydrogen) atoms. The molecule has 0 aliphatic heterocycles. The van der Waals surface area contributed by atoms with Gasteiger partial charge in [-0.05, 0) is 25.0 Å². The van der Waals surface area contributed by atoms with E-state index in [1.54, 1.807) is 14.2 Å². The maximum atomic E-state index is 8.86. The van der Waals surface area contributed by atoms with E-state index in [4.69, 9.17) is 14.7 Å². The Kier molecular flexibility index (Phi) is 2.74. The summed E-state index contributed by atoms with van der Waals surface area (Å²) in [6.45, 7) is 1.98. The average molecular weight is 217 g/mol. The standard InChI is InChI=1S/C13H15NO2/c1-8-12(15-2)5-4-10(13(8)16-3)11-6-9(11)7-14/h4-5,9,11H,6H2,1-3H3. The molecule has 3 nitrogen and oxygen atoms in total. The van der Waals surface area contributed by atoms with Gasteiger partial charge in [0.25, 0.3) is 0 Å². The number of methoxy groups -OCH3 is 2. The zero-order chi connectivity index (χ0) is 11.7. The summed E-state index contributed by atoms with van der Waals surface area (Å²) in [5.41, 5.74) is 2.14. The third kappa shape index (κ3) is 1.61. The summed E-state index contributed by atoms with van der Waals surface area (Å²) in [6, 6.07) is 6.25. The van der Waals surface area contributed by atoms with E-state index in [1.165, 1.54) is 0 Å². The van der Waals surface area contributed by atoms with Gasteiger partial charge in [-0.15, -0.1) is 0 Å². The predicted molar refractivity (Wildman–Crippen MR) is 60.7 cm³/mol. The lowest BCUT2D eigenvalue weighted by Crippen LogP contribution is -1.97. The van der Waals surface area contributed by atoms with E-state index in [0.29, 0.717) is 5.92 Å². The van der Waals surface area contributed by atoms with Crippen molar-refractivity contribution in [2.24, 2.45) is 5.92 Å². The maximum absolute atomic E-state index is 8.86. The van der Waals surface area contributed by atoms with Crippen molar-refractivity contribution < 1.29 is 9.47 Å². The predicted octanol–water partition coefficient (Wildman–Crippen LogP) is 2.64. The van der Waals surface area contributed by atoms with Gasteiger partial charge in [-0.2, -0.15) is 5.26 Å². The Morgan fingerprint density at radius 1 is 1.31 bits per heavy atom. The minimum atomic E-state index is 0.154. The zero-order valence-corrected chi connectivity index (χ0v) is 9.78. The Bertz CT molecular complexity index is 448. The Hall–Kier alpha value is -1.69. The molecule has 1 aliphatic carbocycles. The second-order valence-electron chi connectivity index (χ2n) is 4.09. The first-order chi connectivity index (χ1) is 7.72. The fraction of sp³-hybridized carbons (Fsp3) is 0.462. The van der Waals surface area contributed by atoms with Gasteiger partial charge in [-0.25, -0.2) is 0 Å². The SMILES string of the molecule is COc1ccc(C2CC2C#N)c(OC)c1C. The molecule has 1 aromatic carbocycles. The van der Waals surface area contributed by atoms with Gasteiger partial charge in [0.15, 0.2) is 0 Å². The van der Waals surface area contributed by atoms with E-state index >= 15 is 0 Å². The highest BCUT2D eigenvalue weighted by Crippen LogP contribution is 2.51. The molecule has 0 aromatic heterocycles. The van der Waals surface area contributed by atoms with E-state index in [0.717, 1.165) is 29.0 Å². The third-order valence-electron chi connectivity index (χ3n) is 3.17. The van der Waals surface area contributed by atoms with Crippen LogP contribution in [0.2, 0.25) is 0 Å². The van der Waals surface area contributed by atoms with Gasteiger partial charge < -0.3 is 9.47 Å². The second-order valence-corrected chi connectivity index (χ2v) is 4.09. The van der Waals surface area contributed by atoms with Gasteiger partial charge >= 0.3 is 0 Å². The molecule has 0 N–H and O–H groups in total. The lowest BCUT2D eigenvalue weighted by atomic mass is 10.0. The summed E-state index contributed by atoms with van der Waals surface area (Å²) in [5, 5.41) is 8.86. The molecule has 0 radical (unpaired) electrons. The largest absolute Gasteiger partial charge is 0.496 e. The number of nitrogens with zero attached hydrogens (tertiary/aromatic N) is 1. The molecule has 84 valence electrons. The monoisotopic (exact) mass is 217 g/mol. The Labute approximate surface area is 95.6 Å². The van der Waals surface area contributed by atoms with Gasteiger partial charge in [0.1, 0.15) is 11.5 Å². The van der Waals surface area contributed by atoms with E-state index in [-0.39, 0.29) is 5.92 Å². The van der Waals surface area contributed by atoms with Gasteiger partial charge in [-0.1, -0.05) is 6.07 Å². The molecule has 1 saturated carbocycles. The molecule has 2 atom stereocenters. The first kappa shape index (κ1) is 10.8. The molecule has 1 fully saturated rings. The van der Waals surface area contributed by atoms with Crippen LogP contribution in [0, 0.1) is 24.2 Å². The number of nitriles is 1. The number of benzene rings is 1. The molecule has 0 spiro atoms. The van der Waals surface area contributed by atoms with Crippen molar-refractivity contribution in [3.05, 3.63) is 23.3 Å². The van der Waals surface area contributed by atoms with E-state index in [2.05, 4.69) is 6.07 Å². The van der Waals surface area contributed by atoms with Crippen LogP contribution in [-0.2, 0) is 0 Å². The van der Waals surface area contributed by atoms with Gasteiger partial charge in [0.2, 0.25) is 0 Å². The quantitative estimate of drug-likeness (QED) is 0.781. The van der Waals surface area contributed by atoms with E-state index in [9.17, 15) is 0 Å². The topological polar surface area (TPSA) is 42.2 Å². The number of ether oxygens (including phenoxy) is 2. The van der Waals surface area contributed by atoms with Crippen LogP contribution < -0.4 is 9.47 Å². The van der Waals surface area contributed by atoms with Crippen molar-refractivity contribution in [3.63, 3.8) is 0 Å². The smallest absolute Gasteiger partial charge is 0.128 e. The maximum Gasteiger partial charge on any atom is 0.128 e. The molecule has 0 bridgehead atoms. The average Bonchev–Trinajstić information content (AvgIpc) is 3.07. The molecule has 2 unspecified atom stereocenters. The van der Waals surface area contributed by atoms with Crippen LogP contribution in [0.3, 0.4) is 0 Å². The van der Waals surface area contributed by atoms with Gasteiger partial charge in [0, 0.05) is 11.5 Å². The number of rotatable bonds is 3. The Morgan fingerprint density at radius 3 is 2.56 bits per heavy atom. The van der Waals surface area contributed by atoms with Crippen LogP contribution >= 0.6 is 0 Å². The molecule has 0 amide bonds. The summed E-state index contributed by atoms with van der Waals surface area (Å²) < 4.78 is 10.7. The highest BCUT2D eigenvalue weighted by atomic mass is 16.5. The number of hydrogen-bond acceptors (Lipinski definition) is 3. The lowest BCUT2D eigenvalue weighted by Gasteiger charge is -2.13. The highest BCUT2D eigenvalue weighted by molar-refractivity contribution is 5.52. The summed E-state index contributed by atoms with van der Waals surface area (Å²) in [7, 11) is 3.31.